The lowest BCUT2D eigenvalue weighted by Gasteiger charge is -1.99. The molecule has 0 amide bonds. The van der Waals surface area contributed by atoms with Gasteiger partial charge in [0, 0.05) is 12.3 Å². The second-order valence-electron chi connectivity index (χ2n) is 5.50. The minimum Gasteiger partial charge on any atom is -0.267 e. The van der Waals surface area contributed by atoms with Crippen LogP contribution in [0.1, 0.15) is 5.69 Å². The van der Waals surface area contributed by atoms with Crippen molar-refractivity contribution in [1.29, 1.82) is 0 Å². The minimum atomic E-state index is -0.423. The van der Waals surface area contributed by atoms with Crippen LogP contribution >= 0.6 is 23.1 Å². The lowest BCUT2D eigenvalue weighted by molar-refractivity contribution is -0.387. The number of para-hydroxylation sites is 1. The first-order chi connectivity index (χ1) is 13.6. The van der Waals surface area contributed by atoms with E-state index in [1.54, 1.807) is 42.6 Å². The van der Waals surface area contributed by atoms with Gasteiger partial charge in [-0.05, 0) is 24.3 Å². The quantitative estimate of drug-likeness (QED) is 0.282. The van der Waals surface area contributed by atoms with Crippen molar-refractivity contribution in [3.8, 4) is 0 Å². The highest BCUT2D eigenvalue weighted by Crippen LogP contribution is 2.39. The monoisotopic (exact) mass is 409 g/mol. The Morgan fingerprint density at radius 3 is 2.79 bits per heavy atom. The second kappa shape index (κ2) is 7.71. The molecule has 0 aliphatic carbocycles. The topological polar surface area (TPSA) is 103 Å². The molecule has 0 aliphatic rings. The molecule has 8 nitrogen and oxygen atoms in total. The van der Waals surface area contributed by atoms with Gasteiger partial charge in [-0.2, -0.15) is 9.78 Å². The van der Waals surface area contributed by atoms with E-state index in [-0.39, 0.29) is 11.2 Å². The first-order valence-electron chi connectivity index (χ1n) is 8.00. The van der Waals surface area contributed by atoms with E-state index in [0.29, 0.717) is 20.8 Å². The van der Waals surface area contributed by atoms with Crippen LogP contribution in [-0.2, 0) is 0 Å². The van der Waals surface area contributed by atoms with Gasteiger partial charge in [0.25, 0.3) is 11.2 Å². The van der Waals surface area contributed by atoms with Crippen LogP contribution in [0.3, 0.4) is 0 Å². The van der Waals surface area contributed by atoms with E-state index in [2.05, 4.69) is 15.1 Å². The molecule has 0 saturated carbocycles. The van der Waals surface area contributed by atoms with Crippen molar-refractivity contribution < 1.29 is 4.92 Å². The van der Waals surface area contributed by atoms with Gasteiger partial charge in [0.2, 0.25) is 0 Å². The number of benzene rings is 1. The Morgan fingerprint density at radius 1 is 1.18 bits per heavy atom. The van der Waals surface area contributed by atoms with E-state index in [9.17, 15) is 14.9 Å². The molecule has 0 unspecified atom stereocenters. The summed E-state index contributed by atoms with van der Waals surface area (Å²) in [5.41, 5.74) is 0.325. The lowest BCUT2D eigenvalue weighted by atomic mass is 10.3. The van der Waals surface area contributed by atoms with Crippen molar-refractivity contribution in [3.63, 3.8) is 0 Å². The summed E-state index contributed by atoms with van der Waals surface area (Å²) in [5, 5.41) is 15.7. The molecule has 0 fully saturated rings. The maximum absolute atomic E-state index is 12.7. The van der Waals surface area contributed by atoms with Gasteiger partial charge in [-0.15, -0.1) is 11.3 Å². The van der Waals surface area contributed by atoms with Gasteiger partial charge in [0.15, 0.2) is 0 Å². The average molecular weight is 409 g/mol. The van der Waals surface area contributed by atoms with Gasteiger partial charge in [-0.25, -0.2) is 4.98 Å². The van der Waals surface area contributed by atoms with Crippen LogP contribution in [0.5, 0.6) is 0 Å². The number of hydrogen-bond donors (Lipinski definition) is 0. The Balaban J connectivity index is 1.67. The van der Waals surface area contributed by atoms with Gasteiger partial charge >= 0.3 is 0 Å². The maximum Gasteiger partial charge on any atom is 0.283 e. The molecule has 0 aliphatic heterocycles. The third kappa shape index (κ3) is 3.68. The van der Waals surface area contributed by atoms with Crippen LogP contribution in [0, 0.1) is 10.1 Å². The summed E-state index contributed by atoms with van der Waals surface area (Å²) < 4.78 is 1.88. The van der Waals surface area contributed by atoms with Gasteiger partial charge < -0.3 is 0 Å². The number of nitro benzene ring substituents is 1. The van der Waals surface area contributed by atoms with Crippen LogP contribution < -0.4 is 5.56 Å². The highest BCUT2D eigenvalue weighted by Gasteiger charge is 2.16. The summed E-state index contributed by atoms with van der Waals surface area (Å²) in [7, 11) is 0. The molecule has 3 aromatic heterocycles. The van der Waals surface area contributed by atoms with Crippen LogP contribution in [0.2, 0.25) is 0 Å². The predicted molar refractivity (Wildman–Crippen MR) is 108 cm³/mol. The van der Waals surface area contributed by atoms with Crippen molar-refractivity contribution in [2.24, 2.45) is 5.10 Å². The maximum atomic E-state index is 12.7. The second-order valence-corrected chi connectivity index (χ2v) is 7.88. The molecule has 4 rings (SSSR count). The summed E-state index contributed by atoms with van der Waals surface area (Å²) in [6.45, 7) is 0. The standard InChI is InChI=1S/C18H11N5O3S2/c24-18-13-9-16(27-15-7-2-1-6-14(15)23(25)26)28-17(13)20-11-22(18)21-10-12-5-3-4-8-19-12/h1-11H/b21-10-. The summed E-state index contributed by atoms with van der Waals surface area (Å²) in [6.07, 6.45) is 4.46. The molecule has 0 saturated heterocycles. The first kappa shape index (κ1) is 18.0. The molecular weight excluding hydrogens is 398 g/mol. The number of thiophene rings is 1. The Kier molecular flexibility index (Phi) is 4.96. The molecule has 3 heterocycles. The van der Waals surface area contributed by atoms with Crippen LogP contribution in [0.15, 0.2) is 80.1 Å². The Labute approximate surface area is 166 Å². The molecule has 4 aromatic rings. The van der Waals surface area contributed by atoms with Crippen molar-refractivity contribution in [2.75, 3.05) is 0 Å². The largest absolute Gasteiger partial charge is 0.283 e. The van der Waals surface area contributed by atoms with Crippen LogP contribution in [0.25, 0.3) is 10.2 Å². The lowest BCUT2D eigenvalue weighted by Crippen LogP contribution is -2.16. The smallest absolute Gasteiger partial charge is 0.267 e. The number of pyridine rings is 1. The van der Waals surface area contributed by atoms with Crippen LogP contribution in [0.4, 0.5) is 5.69 Å². The fraction of sp³-hybridized carbons (Fsp3) is 0. The van der Waals surface area contributed by atoms with Gasteiger partial charge in [0.05, 0.1) is 31.3 Å². The number of nitro groups is 1. The summed E-state index contributed by atoms with van der Waals surface area (Å²) in [4.78, 5) is 32.9. The van der Waals surface area contributed by atoms with Gasteiger partial charge in [0.1, 0.15) is 11.2 Å². The first-order valence-corrected chi connectivity index (χ1v) is 9.63. The molecule has 0 atom stereocenters. The Hall–Kier alpha value is -3.37. The van der Waals surface area contributed by atoms with E-state index >= 15 is 0 Å². The number of nitrogens with zero attached hydrogens (tertiary/aromatic N) is 5. The molecule has 28 heavy (non-hydrogen) atoms. The van der Waals surface area contributed by atoms with E-state index in [4.69, 9.17) is 0 Å². The number of aromatic nitrogens is 3. The minimum absolute atomic E-state index is 0.0234. The van der Waals surface area contributed by atoms with Crippen molar-refractivity contribution >= 4 is 45.2 Å². The van der Waals surface area contributed by atoms with E-state index < -0.39 is 4.92 Å². The Bertz CT molecular complexity index is 1250. The summed E-state index contributed by atoms with van der Waals surface area (Å²) >= 11 is 2.53. The molecule has 138 valence electrons. The highest BCUT2D eigenvalue weighted by atomic mass is 32.2. The van der Waals surface area contributed by atoms with Crippen molar-refractivity contribution in [3.05, 3.63) is 87.2 Å². The zero-order valence-electron chi connectivity index (χ0n) is 14.1. The SMILES string of the molecule is O=c1c2cc(Sc3ccccc3[N+](=O)[O-])sc2ncn1/N=C\c1ccccn1. The van der Waals surface area contributed by atoms with Crippen LogP contribution in [-0.4, -0.2) is 25.8 Å². The fourth-order valence-corrected chi connectivity index (χ4v) is 4.58. The normalized spacial score (nSPS) is 11.3. The predicted octanol–water partition coefficient (Wildman–Crippen LogP) is 3.79. The fourth-order valence-electron chi connectivity index (χ4n) is 2.40. The average Bonchev–Trinajstić information content (AvgIpc) is 3.12. The third-order valence-electron chi connectivity index (χ3n) is 3.69. The van der Waals surface area contributed by atoms with Crippen molar-refractivity contribution in [2.45, 2.75) is 9.10 Å². The van der Waals surface area contributed by atoms with E-state index in [1.165, 1.54) is 41.7 Å². The molecule has 0 spiro atoms. The molecule has 0 radical (unpaired) electrons. The summed E-state index contributed by atoms with van der Waals surface area (Å²) in [6, 6.07) is 13.6. The number of fused-ring (bicyclic) bond motifs is 1. The molecular formula is C18H11N5O3S2. The highest BCUT2D eigenvalue weighted by molar-refractivity contribution is 8.01. The molecule has 0 N–H and O–H groups in total. The van der Waals surface area contributed by atoms with Gasteiger partial charge in [-0.3, -0.25) is 19.9 Å². The van der Waals surface area contributed by atoms with Gasteiger partial charge in [-0.1, -0.05) is 30.0 Å². The summed E-state index contributed by atoms with van der Waals surface area (Å²) in [5.74, 6) is 0. The zero-order chi connectivity index (χ0) is 19.5. The van der Waals surface area contributed by atoms with E-state index in [0.717, 1.165) is 8.89 Å². The molecule has 0 bridgehead atoms. The Morgan fingerprint density at radius 2 is 2.00 bits per heavy atom. The number of hydrogen-bond acceptors (Lipinski definition) is 8. The number of rotatable bonds is 5. The molecule has 10 heteroatoms. The van der Waals surface area contributed by atoms with Crippen molar-refractivity contribution in [1.82, 2.24) is 14.6 Å². The molecule has 1 aromatic carbocycles. The van der Waals surface area contributed by atoms with E-state index in [1.807, 2.05) is 6.07 Å². The zero-order valence-corrected chi connectivity index (χ0v) is 15.8. The third-order valence-corrected chi connectivity index (χ3v) is 5.91.